The molecular weight excluding hydrogens is 178 g/mol. The van der Waals surface area contributed by atoms with Crippen LogP contribution < -0.4 is 0 Å². The summed E-state index contributed by atoms with van der Waals surface area (Å²) in [5, 5.41) is 0. The van der Waals surface area contributed by atoms with Gasteiger partial charge in [0.15, 0.2) is 5.78 Å². The molecule has 0 unspecified atom stereocenters. The van der Waals surface area contributed by atoms with Crippen LogP contribution in [0.1, 0.15) is 20.3 Å². The maximum absolute atomic E-state index is 11.7. The molecular formula is C11H17NO2. The van der Waals surface area contributed by atoms with Crippen LogP contribution in [0.2, 0.25) is 0 Å². The Kier molecular flexibility index (Phi) is 3.68. The van der Waals surface area contributed by atoms with Crippen molar-refractivity contribution in [3.63, 3.8) is 0 Å². The molecule has 0 aliphatic carbocycles. The lowest BCUT2D eigenvalue weighted by Crippen LogP contribution is -2.54. The predicted molar refractivity (Wildman–Crippen MR) is 54.9 cm³/mol. The number of rotatable bonds is 3. The summed E-state index contributed by atoms with van der Waals surface area (Å²) in [4.78, 5) is 13.9. The molecule has 1 rings (SSSR count). The van der Waals surface area contributed by atoms with E-state index in [2.05, 4.69) is 10.8 Å². The van der Waals surface area contributed by atoms with E-state index in [9.17, 15) is 4.79 Å². The van der Waals surface area contributed by atoms with Gasteiger partial charge in [-0.15, -0.1) is 6.42 Å². The monoisotopic (exact) mass is 195 g/mol. The summed E-state index contributed by atoms with van der Waals surface area (Å²) < 4.78 is 5.24. The molecule has 1 heterocycles. The third-order valence-electron chi connectivity index (χ3n) is 2.75. The standard InChI is InChI=1S/C11H17NO2/c1-4-5-10(13)11(2,3)12-6-8-14-9-7-12/h1H,5-9H2,2-3H3. The van der Waals surface area contributed by atoms with Crippen molar-refractivity contribution in [3.8, 4) is 12.3 Å². The molecule has 1 fully saturated rings. The third kappa shape index (κ3) is 2.34. The van der Waals surface area contributed by atoms with Gasteiger partial charge in [0.2, 0.25) is 0 Å². The summed E-state index contributed by atoms with van der Waals surface area (Å²) in [6.07, 6.45) is 5.35. The Labute approximate surface area is 85.4 Å². The van der Waals surface area contributed by atoms with E-state index in [0.717, 1.165) is 13.1 Å². The van der Waals surface area contributed by atoms with E-state index < -0.39 is 5.54 Å². The molecule has 1 aliphatic rings. The average molecular weight is 195 g/mol. The third-order valence-corrected chi connectivity index (χ3v) is 2.75. The van der Waals surface area contributed by atoms with Gasteiger partial charge in [0.1, 0.15) is 0 Å². The fraction of sp³-hybridized carbons (Fsp3) is 0.727. The number of ketones is 1. The minimum Gasteiger partial charge on any atom is -0.379 e. The Morgan fingerprint density at radius 3 is 2.57 bits per heavy atom. The summed E-state index contributed by atoms with van der Waals surface area (Å²) in [5.41, 5.74) is -0.448. The Morgan fingerprint density at radius 2 is 2.07 bits per heavy atom. The first kappa shape index (κ1) is 11.2. The Hall–Kier alpha value is -0.850. The number of carbonyl (C=O) groups excluding carboxylic acids is 1. The highest BCUT2D eigenvalue weighted by molar-refractivity contribution is 5.89. The fourth-order valence-corrected chi connectivity index (χ4v) is 1.61. The second-order valence-corrected chi connectivity index (χ2v) is 3.96. The highest BCUT2D eigenvalue weighted by Crippen LogP contribution is 2.18. The molecule has 0 amide bonds. The van der Waals surface area contributed by atoms with Crippen molar-refractivity contribution in [2.75, 3.05) is 26.3 Å². The molecule has 0 aromatic carbocycles. The van der Waals surface area contributed by atoms with Crippen molar-refractivity contribution in [3.05, 3.63) is 0 Å². The van der Waals surface area contributed by atoms with E-state index >= 15 is 0 Å². The minimum atomic E-state index is -0.448. The lowest BCUT2D eigenvalue weighted by Gasteiger charge is -2.39. The van der Waals surface area contributed by atoms with Crippen LogP contribution in [0.25, 0.3) is 0 Å². The van der Waals surface area contributed by atoms with Gasteiger partial charge in [-0.25, -0.2) is 0 Å². The van der Waals surface area contributed by atoms with Gasteiger partial charge in [-0.2, -0.15) is 0 Å². The summed E-state index contributed by atoms with van der Waals surface area (Å²) in [6, 6.07) is 0. The van der Waals surface area contributed by atoms with Gasteiger partial charge >= 0.3 is 0 Å². The lowest BCUT2D eigenvalue weighted by molar-refractivity contribution is -0.131. The van der Waals surface area contributed by atoms with Gasteiger partial charge < -0.3 is 4.74 Å². The van der Waals surface area contributed by atoms with E-state index in [-0.39, 0.29) is 12.2 Å². The van der Waals surface area contributed by atoms with Crippen molar-refractivity contribution in [1.82, 2.24) is 4.90 Å². The van der Waals surface area contributed by atoms with Crippen LogP contribution in [0.5, 0.6) is 0 Å². The zero-order chi connectivity index (χ0) is 10.6. The van der Waals surface area contributed by atoms with Crippen molar-refractivity contribution in [1.29, 1.82) is 0 Å². The SMILES string of the molecule is C#CCC(=O)C(C)(C)N1CCOCC1. The Bertz CT molecular complexity index is 247. The van der Waals surface area contributed by atoms with Gasteiger partial charge in [0.25, 0.3) is 0 Å². The van der Waals surface area contributed by atoms with Gasteiger partial charge in [-0.05, 0) is 13.8 Å². The van der Waals surface area contributed by atoms with Crippen LogP contribution >= 0.6 is 0 Å². The second-order valence-electron chi connectivity index (χ2n) is 3.96. The molecule has 3 heteroatoms. The van der Waals surface area contributed by atoms with Crippen LogP contribution in [-0.2, 0) is 9.53 Å². The van der Waals surface area contributed by atoms with Crippen LogP contribution in [0.3, 0.4) is 0 Å². The highest BCUT2D eigenvalue weighted by Gasteiger charge is 2.34. The molecule has 3 nitrogen and oxygen atoms in total. The molecule has 0 spiro atoms. The molecule has 0 atom stereocenters. The topological polar surface area (TPSA) is 29.5 Å². The van der Waals surface area contributed by atoms with Crippen LogP contribution in [0, 0.1) is 12.3 Å². The number of Topliss-reactive ketones (excluding diaryl/α,β-unsaturated/α-hetero) is 1. The molecule has 1 aliphatic heterocycles. The first-order chi connectivity index (χ1) is 6.59. The molecule has 0 aromatic heterocycles. The largest absolute Gasteiger partial charge is 0.379 e. The summed E-state index contributed by atoms with van der Waals surface area (Å²) in [7, 11) is 0. The molecule has 78 valence electrons. The zero-order valence-electron chi connectivity index (χ0n) is 8.88. The Morgan fingerprint density at radius 1 is 1.50 bits per heavy atom. The van der Waals surface area contributed by atoms with Crippen molar-refractivity contribution < 1.29 is 9.53 Å². The summed E-state index contributed by atoms with van der Waals surface area (Å²) >= 11 is 0. The number of hydrogen-bond donors (Lipinski definition) is 0. The van der Waals surface area contributed by atoms with Gasteiger partial charge in [-0.3, -0.25) is 9.69 Å². The molecule has 0 saturated carbocycles. The normalized spacial score (nSPS) is 18.9. The van der Waals surface area contributed by atoms with E-state index in [1.54, 1.807) is 0 Å². The van der Waals surface area contributed by atoms with Crippen molar-refractivity contribution in [2.45, 2.75) is 25.8 Å². The maximum atomic E-state index is 11.7. The second kappa shape index (κ2) is 4.59. The van der Waals surface area contributed by atoms with E-state index in [4.69, 9.17) is 11.2 Å². The van der Waals surface area contributed by atoms with Gasteiger partial charge in [0.05, 0.1) is 25.2 Å². The van der Waals surface area contributed by atoms with E-state index in [1.807, 2.05) is 13.8 Å². The maximum Gasteiger partial charge on any atom is 0.164 e. The molecule has 0 radical (unpaired) electrons. The number of ether oxygens (including phenoxy) is 1. The highest BCUT2D eigenvalue weighted by atomic mass is 16.5. The quantitative estimate of drug-likeness (QED) is 0.620. The molecule has 14 heavy (non-hydrogen) atoms. The minimum absolute atomic E-state index is 0.113. The number of terminal acetylenes is 1. The number of carbonyl (C=O) groups is 1. The number of morpholine rings is 1. The van der Waals surface area contributed by atoms with Gasteiger partial charge in [0, 0.05) is 13.1 Å². The average Bonchev–Trinajstić information content (AvgIpc) is 2.19. The van der Waals surface area contributed by atoms with Crippen LogP contribution in [-0.4, -0.2) is 42.5 Å². The van der Waals surface area contributed by atoms with Crippen LogP contribution in [0.15, 0.2) is 0 Å². The molecule has 1 saturated heterocycles. The molecule has 0 N–H and O–H groups in total. The first-order valence-electron chi connectivity index (χ1n) is 4.88. The van der Waals surface area contributed by atoms with Crippen molar-refractivity contribution in [2.24, 2.45) is 0 Å². The lowest BCUT2D eigenvalue weighted by atomic mass is 9.94. The Balaban J connectivity index is 2.62. The van der Waals surface area contributed by atoms with E-state index in [1.165, 1.54) is 0 Å². The first-order valence-corrected chi connectivity index (χ1v) is 4.88. The zero-order valence-corrected chi connectivity index (χ0v) is 8.88. The van der Waals surface area contributed by atoms with Gasteiger partial charge in [-0.1, -0.05) is 5.92 Å². The van der Waals surface area contributed by atoms with Crippen molar-refractivity contribution >= 4 is 5.78 Å². The summed E-state index contributed by atoms with van der Waals surface area (Å²) in [6.45, 7) is 6.88. The number of hydrogen-bond acceptors (Lipinski definition) is 3. The van der Waals surface area contributed by atoms with E-state index in [0.29, 0.717) is 13.2 Å². The predicted octanol–water partition coefficient (Wildman–Crippen LogP) is 0.690. The summed E-state index contributed by atoms with van der Waals surface area (Å²) in [5.74, 6) is 2.52. The smallest absolute Gasteiger partial charge is 0.164 e. The number of nitrogens with zero attached hydrogens (tertiary/aromatic N) is 1. The fourth-order valence-electron chi connectivity index (χ4n) is 1.61. The molecule has 0 bridgehead atoms. The molecule has 0 aromatic rings. The van der Waals surface area contributed by atoms with Crippen LogP contribution in [0.4, 0.5) is 0 Å².